The largest absolute Gasteiger partial charge is 0.375 e. The summed E-state index contributed by atoms with van der Waals surface area (Å²) in [4.78, 5) is 12.5. The predicted molar refractivity (Wildman–Crippen MR) is 81.5 cm³/mol. The Hall–Kier alpha value is -0.410. The molecule has 1 heterocycles. The number of carbonyl (C=O) groups excluding carboxylic acids is 1. The molecule has 3 heteroatoms. The first-order valence-corrected chi connectivity index (χ1v) is 8.25. The van der Waals surface area contributed by atoms with Crippen molar-refractivity contribution in [1.82, 2.24) is 0 Å². The van der Waals surface area contributed by atoms with E-state index in [-0.39, 0.29) is 23.0 Å². The van der Waals surface area contributed by atoms with E-state index in [1.165, 1.54) is 19.3 Å². The van der Waals surface area contributed by atoms with Crippen molar-refractivity contribution >= 4 is 5.78 Å². The predicted octanol–water partition coefficient (Wildman–Crippen LogP) is 3.45. The zero-order valence-corrected chi connectivity index (χ0v) is 13.4. The third-order valence-corrected chi connectivity index (χ3v) is 5.25. The highest BCUT2D eigenvalue weighted by Crippen LogP contribution is 2.41. The quantitative estimate of drug-likeness (QED) is 0.862. The van der Waals surface area contributed by atoms with Gasteiger partial charge in [0.25, 0.3) is 0 Å². The van der Waals surface area contributed by atoms with E-state index in [4.69, 9.17) is 10.5 Å². The minimum absolute atomic E-state index is 0.00333. The van der Waals surface area contributed by atoms with Crippen LogP contribution in [-0.2, 0) is 9.53 Å². The van der Waals surface area contributed by atoms with Gasteiger partial charge >= 0.3 is 0 Å². The zero-order valence-electron chi connectivity index (χ0n) is 13.4. The van der Waals surface area contributed by atoms with Gasteiger partial charge in [0.05, 0.1) is 5.60 Å². The molecule has 1 aliphatic heterocycles. The summed E-state index contributed by atoms with van der Waals surface area (Å²) in [6.07, 6.45) is 8.44. The van der Waals surface area contributed by atoms with Crippen molar-refractivity contribution in [3.05, 3.63) is 0 Å². The van der Waals surface area contributed by atoms with E-state index in [2.05, 4.69) is 20.8 Å². The smallest absolute Gasteiger partial charge is 0.137 e. The lowest BCUT2D eigenvalue weighted by Gasteiger charge is -2.43. The first-order chi connectivity index (χ1) is 9.32. The average Bonchev–Trinajstić information content (AvgIpc) is 2.38. The molecule has 2 N–H and O–H groups in total. The van der Waals surface area contributed by atoms with Crippen LogP contribution >= 0.6 is 0 Å². The maximum atomic E-state index is 12.5. The molecule has 1 saturated carbocycles. The molecule has 1 spiro atoms. The van der Waals surface area contributed by atoms with Crippen LogP contribution in [0.15, 0.2) is 0 Å². The zero-order chi connectivity index (χ0) is 14.8. The number of ketones is 1. The summed E-state index contributed by atoms with van der Waals surface area (Å²) in [7, 11) is 0. The lowest BCUT2D eigenvalue weighted by molar-refractivity contribution is -0.143. The van der Waals surface area contributed by atoms with Gasteiger partial charge < -0.3 is 10.5 Å². The minimum atomic E-state index is -0.0415. The first kappa shape index (κ1) is 16.0. The van der Waals surface area contributed by atoms with Crippen LogP contribution in [0.1, 0.15) is 72.1 Å². The third-order valence-electron chi connectivity index (χ3n) is 5.25. The van der Waals surface area contributed by atoms with Gasteiger partial charge in [0, 0.05) is 25.0 Å². The summed E-state index contributed by atoms with van der Waals surface area (Å²) in [6.45, 7) is 7.08. The van der Waals surface area contributed by atoms with Crippen molar-refractivity contribution in [2.75, 3.05) is 6.61 Å². The second kappa shape index (κ2) is 6.15. The topological polar surface area (TPSA) is 52.3 Å². The summed E-state index contributed by atoms with van der Waals surface area (Å²) >= 11 is 0. The molecule has 2 unspecified atom stereocenters. The summed E-state index contributed by atoms with van der Waals surface area (Å²) < 4.78 is 6.08. The Morgan fingerprint density at radius 1 is 1.30 bits per heavy atom. The highest BCUT2D eigenvalue weighted by atomic mass is 16.5. The van der Waals surface area contributed by atoms with E-state index in [1.807, 2.05) is 0 Å². The number of hydrogen-bond donors (Lipinski definition) is 1. The van der Waals surface area contributed by atoms with Crippen LogP contribution in [0.25, 0.3) is 0 Å². The van der Waals surface area contributed by atoms with Crippen molar-refractivity contribution in [1.29, 1.82) is 0 Å². The van der Waals surface area contributed by atoms with Gasteiger partial charge in [-0.2, -0.15) is 0 Å². The number of carbonyl (C=O) groups is 1. The van der Waals surface area contributed by atoms with Crippen molar-refractivity contribution in [2.24, 2.45) is 17.1 Å². The lowest BCUT2D eigenvalue weighted by Crippen LogP contribution is -2.45. The average molecular weight is 281 g/mol. The number of hydrogen-bond acceptors (Lipinski definition) is 3. The van der Waals surface area contributed by atoms with E-state index in [0.717, 1.165) is 32.3 Å². The van der Waals surface area contributed by atoms with Gasteiger partial charge in [0.2, 0.25) is 0 Å². The molecule has 116 valence electrons. The molecule has 2 aliphatic rings. The van der Waals surface area contributed by atoms with Crippen molar-refractivity contribution < 1.29 is 9.53 Å². The normalized spacial score (nSPS) is 28.3. The molecule has 0 aromatic heterocycles. The van der Waals surface area contributed by atoms with Crippen molar-refractivity contribution in [2.45, 2.75) is 83.8 Å². The molecule has 0 radical (unpaired) electrons. The molecule has 2 fully saturated rings. The molecule has 3 nitrogen and oxygen atoms in total. The van der Waals surface area contributed by atoms with E-state index in [0.29, 0.717) is 12.2 Å². The van der Waals surface area contributed by atoms with Gasteiger partial charge in [-0.25, -0.2) is 0 Å². The van der Waals surface area contributed by atoms with Gasteiger partial charge in [-0.15, -0.1) is 0 Å². The summed E-state index contributed by atoms with van der Waals surface area (Å²) in [5.41, 5.74) is 6.20. The molecule has 0 amide bonds. The van der Waals surface area contributed by atoms with E-state index < -0.39 is 0 Å². The molecule has 0 aromatic rings. The molecule has 0 bridgehead atoms. The molecular formula is C17H31NO2. The number of nitrogens with two attached hydrogens (primary N) is 1. The van der Waals surface area contributed by atoms with Crippen LogP contribution in [0.3, 0.4) is 0 Å². The monoisotopic (exact) mass is 281 g/mol. The molecule has 2 rings (SSSR count). The fraction of sp³-hybridized carbons (Fsp3) is 0.941. The van der Waals surface area contributed by atoms with Gasteiger partial charge in [0.15, 0.2) is 0 Å². The van der Waals surface area contributed by atoms with Gasteiger partial charge in [-0.05, 0) is 31.1 Å². The van der Waals surface area contributed by atoms with Crippen LogP contribution in [0, 0.1) is 11.3 Å². The molecule has 2 atom stereocenters. The maximum Gasteiger partial charge on any atom is 0.137 e. The van der Waals surface area contributed by atoms with Gasteiger partial charge in [-0.3, -0.25) is 4.79 Å². The van der Waals surface area contributed by atoms with Crippen molar-refractivity contribution in [3.63, 3.8) is 0 Å². The second-order valence-corrected chi connectivity index (χ2v) is 7.92. The summed E-state index contributed by atoms with van der Waals surface area (Å²) in [5.74, 6) is 0.538. The van der Waals surface area contributed by atoms with Crippen molar-refractivity contribution in [3.8, 4) is 0 Å². The van der Waals surface area contributed by atoms with E-state index >= 15 is 0 Å². The highest BCUT2D eigenvalue weighted by molar-refractivity contribution is 5.81. The van der Waals surface area contributed by atoms with E-state index in [1.54, 1.807) is 0 Å². The first-order valence-electron chi connectivity index (χ1n) is 8.25. The van der Waals surface area contributed by atoms with Gasteiger partial charge in [0.1, 0.15) is 5.78 Å². The Balaban J connectivity index is 1.93. The van der Waals surface area contributed by atoms with E-state index in [9.17, 15) is 4.79 Å². The number of Topliss-reactive ketones (excluding diaryl/α,β-unsaturated/α-hetero) is 1. The maximum absolute atomic E-state index is 12.5. The van der Waals surface area contributed by atoms with Crippen LogP contribution in [0.4, 0.5) is 0 Å². The summed E-state index contributed by atoms with van der Waals surface area (Å²) in [6, 6.07) is -0.0415. The molecule has 0 aromatic carbocycles. The SMILES string of the molecule is CC(C)(C)C(N)CC(=O)C1CCOC2(CCCCC2)C1. The molecule has 20 heavy (non-hydrogen) atoms. The van der Waals surface area contributed by atoms with Crippen LogP contribution in [-0.4, -0.2) is 24.0 Å². The second-order valence-electron chi connectivity index (χ2n) is 7.92. The molecular weight excluding hydrogens is 250 g/mol. The Labute approximate surface area is 123 Å². The fourth-order valence-corrected chi connectivity index (χ4v) is 3.54. The Morgan fingerprint density at radius 2 is 1.95 bits per heavy atom. The van der Waals surface area contributed by atoms with Crippen LogP contribution < -0.4 is 5.73 Å². The minimum Gasteiger partial charge on any atom is -0.375 e. The fourth-order valence-electron chi connectivity index (χ4n) is 3.54. The Morgan fingerprint density at radius 3 is 2.55 bits per heavy atom. The number of ether oxygens (including phenoxy) is 1. The van der Waals surface area contributed by atoms with Crippen LogP contribution in [0.2, 0.25) is 0 Å². The molecule has 1 aliphatic carbocycles. The van der Waals surface area contributed by atoms with Gasteiger partial charge in [-0.1, -0.05) is 40.0 Å². The Kier molecular flexibility index (Phi) is 4.91. The lowest BCUT2D eigenvalue weighted by atomic mass is 9.73. The number of rotatable bonds is 3. The molecule has 1 saturated heterocycles. The standard InChI is InChI=1S/C17H31NO2/c1-16(2,3)15(18)11-14(19)13-7-10-20-17(12-13)8-5-4-6-9-17/h13,15H,4-12,18H2,1-3H3. The summed E-state index contributed by atoms with van der Waals surface area (Å²) in [5, 5.41) is 0. The Bertz CT molecular complexity index is 334. The highest BCUT2D eigenvalue weighted by Gasteiger charge is 2.41. The third kappa shape index (κ3) is 3.82. The van der Waals surface area contributed by atoms with Crippen LogP contribution in [0.5, 0.6) is 0 Å².